The molecular weight excluding hydrogens is 371 g/mol. The maximum atomic E-state index is 13.0. The van der Waals surface area contributed by atoms with Crippen molar-refractivity contribution in [3.63, 3.8) is 0 Å². The summed E-state index contributed by atoms with van der Waals surface area (Å²) in [5.41, 5.74) is 0.869. The van der Waals surface area contributed by atoms with E-state index in [9.17, 15) is 14.2 Å². The van der Waals surface area contributed by atoms with Crippen molar-refractivity contribution in [3.05, 3.63) is 55.1 Å². The van der Waals surface area contributed by atoms with Gasteiger partial charge in [-0.15, -0.1) is 0 Å². The fourth-order valence-electron chi connectivity index (χ4n) is 2.42. The number of fused-ring (bicyclic) bond motifs is 1. The molecule has 0 radical (unpaired) electrons. The van der Waals surface area contributed by atoms with Crippen LogP contribution >= 0.6 is 7.60 Å². The minimum absolute atomic E-state index is 0.0275. The van der Waals surface area contributed by atoms with Gasteiger partial charge < -0.3 is 18.5 Å². The third-order valence-electron chi connectivity index (χ3n) is 3.71. The molecule has 8 heteroatoms. The second-order valence-corrected chi connectivity index (χ2v) is 7.59. The van der Waals surface area contributed by atoms with Gasteiger partial charge in [0.1, 0.15) is 11.1 Å². The van der Waals surface area contributed by atoms with E-state index in [2.05, 4.69) is 13.2 Å². The van der Waals surface area contributed by atoms with Crippen LogP contribution in [0.4, 0.5) is 0 Å². The highest BCUT2D eigenvalue weighted by molar-refractivity contribution is 7.62. The fourth-order valence-corrected chi connectivity index (χ4v) is 3.66. The van der Waals surface area contributed by atoms with E-state index in [1.807, 2.05) is 6.92 Å². The number of rotatable bonds is 7. The van der Waals surface area contributed by atoms with Crippen LogP contribution in [0.15, 0.2) is 49.6 Å². The molecule has 0 unspecified atom stereocenters. The minimum atomic E-state index is -3.86. The Morgan fingerprint density at radius 1 is 0.963 bits per heavy atom. The summed E-state index contributed by atoms with van der Waals surface area (Å²) in [6.45, 7) is 8.58. The van der Waals surface area contributed by atoms with Crippen molar-refractivity contribution in [2.24, 2.45) is 0 Å². The van der Waals surface area contributed by atoms with E-state index < -0.39 is 19.5 Å². The Balaban J connectivity index is 2.93. The van der Waals surface area contributed by atoms with Gasteiger partial charge in [-0.2, -0.15) is 0 Å². The Morgan fingerprint density at radius 3 is 2.11 bits per heavy atom. The lowest BCUT2D eigenvalue weighted by Gasteiger charge is -2.20. The van der Waals surface area contributed by atoms with Crippen LogP contribution < -0.4 is 14.8 Å². The average Bonchev–Trinajstić information content (AvgIpc) is 2.68. The highest BCUT2D eigenvalue weighted by Gasteiger charge is 2.33. The van der Waals surface area contributed by atoms with Crippen LogP contribution in [0.2, 0.25) is 0 Å². The van der Waals surface area contributed by atoms with Gasteiger partial charge in [-0.05, 0) is 13.0 Å². The van der Waals surface area contributed by atoms with Gasteiger partial charge in [0.05, 0.1) is 0 Å². The van der Waals surface area contributed by atoms with Crippen molar-refractivity contribution < 1.29 is 32.7 Å². The van der Waals surface area contributed by atoms with Gasteiger partial charge in [0.15, 0.2) is 5.75 Å². The van der Waals surface area contributed by atoms with Crippen LogP contribution in [0.5, 0.6) is 11.5 Å². The number of aryl methyl sites for hydroxylation is 1. The van der Waals surface area contributed by atoms with E-state index in [0.29, 0.717) is 10.8 Å². The quantitative estimate of drug-likeness (QED) is 0.310. The lowest BCUT2D eigenvalue weighted by molar-refractivity contribution is -0.129. The summed E-state index contributed by atoms with van der Waals surface area (Å²) >= 11 is 0. The first kappa shape index (κ1) is 20.6. The van der Waals surface area contributed by atoms with Crippen molar-refractivity contribution in [3.8, 4) is 11.5 Å². The van der Waals surface area contributed by atoms with Gasteiger partial charge in [-0.25, -0.2) is 9.59 Å². The van der Waals surface area contributed by atoms with E-state index in [4.69, 9.17) is 18.5 Å². The summed E-state index contributed by atoms with van der Waals surface area (Å²) in [6, 6.07) is 6.45. The third kappa shape index (κ3) is 4.17. The zero-order valence-corrected chi connectivity index (χ0v) is 16.1. The van der Waals surface area contributed by atoms with Gasteiger partial charge in [0, 0.05) is 43.2 Å². The van der Waals surface area contributed by atoms with Crippen LogP contribution in [0, 0.1) is 6.92 Å². The highest BCUT2D eigenvalue weighted by atomic mass is 31.2. The molecule has 0 bridgehead atoms. The molecule has 0 aliphatic rings. The number of esters is 2. The summed E-state index contributed by atoms with van der Waals surface area (Å²) in [7, 11) is -1.48. The first-order valence-electron chi connectivity index (χ1n) is 7.77. The molecule has 2 rings (SSSR count). The van der Waals surface area contributed by atoms with Crippen LogP contribution in [-0.2, 0) is 23.2 Å². The molecule has 0 saturated carbocycles. The number of carbonyl (C=O) groups is 2. The number of ether oxygens (including phenoxy) is 2. The van der Waals surface area contributed by atoms with Crippen molar-refractivity contribution >= 4 is 35.6 Å². The van der Waals surface area contributed by atoms with Gasteiger partial charge in [0.2, 0.25) is 0 Å². The zero-order chi connectivity index (χ0) is 20.2. The molecular formula is C19H19O7P. The van der Waals surface area contributed by atoms with Gasteiger partial charge in [-0.1, -0.05) is 30.9 Å². The average molecular weight is 390 g/mol. The monoisotopic (exact) mass is 390 g/mol. The molecule has 0 fully saturated rings. The lowest BCUT2D eigenvalue weighted by atomic mass is 10.1. The van der Waals surface area contributed by atoms with Crippen molar-refractivity contribution in [2.45, 2.75) is 6.92 Å². The normalized spacial score (nSPS) is 11.1. The standard InChI is InChI=1S/C19H19O7P/c1-6-17(20)25-15-11-16(27(22,23-4)24-5)19(26-18(21)7-2)13-9-8-12(3)10-14(13)15/h6-11H,1-2H2,3-5H3. The summed E-state index contributed by atoms with van der Waals surface area (Å²) in [5.74, 6) is -1.39. The summed E-state index contributed by atoms with van der Waals surface area (Å²) < 4.78 is 33.8. The van der Waals surface area contributed by atoms with Crippen LogP contribution in [-0.4, -0.2) is 26.2 Å². The minimum Gasteiger partial charge on any atom is -0.423 e. The molecule has 7 nitrogen and oxygen atoms in total. The highest BCUT2D eigenvalue weighted by Crippen LogP contribution is 2.50. The first-order valence-corrected chi connectivity index (χ1v) is 9.31. The largest absolute Gasteiger partial charge is 0.423 e. The molecule has 0 atom stereocenters. The second kappa shape index (κ2) is 8.31. The molecule has 27 heavy (non-hydrogen) atoms. The molecule has 0 spiro atoms. The molecule has 0 heterocycles. The summed E-state index contributed by atoms with van der Waals surface area (Å²) in [5, 5.41) is 0.792. The van der Waals surface area contributed by atoms with Crippen LogP contribution in [0.25, 0.3) is 10.8 Å². The van der Waals surface area contributed by atoms with Gasteiger partial charge in [0.25, 0.3) is 0 Å². The lowest BCUT2D eigenvalue weighted by Crippen LogP contribution is -2.17. The second-order valence-electron chi connectivity index (χ2n) is 5.39. The maximum absolute atomic E-state index is 13.0. The maximum Gasteiger partial charge on any atom is 0.364 e. The molecule has 0 saturated heterocycles. The predicted molar refractivity (Wildman–Crippen MR) is 102 cm³/mol. The fraction of sp³-hybridized carbons (Fsp3) is 0.158. The Hall–Kier alpha value is -2.73. The van der Waals surface area contributed by atoms with E-state index in [-0.39, 0.29) is 16.8 Å². The molecule has 0 aliphatic carbocycles. The molecule has 142 valence electrons. The third-order valence-corrected chi connectivity index (χ3v) is 5.59. The van der Waals surface area contributed by atoms with E-state index in [1.54, 1.807) is 18.2 Å². The van der Waals surface area contributed by atoms with Crippen LogP contribution in [0.3, 0.4) is 0 Å². The van der Waals surface area contributed by atoms with Crippen molar-refractivity contribution in [1.82, 2.24) is 0 Å². The molecule has 2 aromatic carbocycles. The van der Waals surface area contributed by atoms with Crippen molar-refractivity contribution in [2.75, 3.05) is 14.2 Å². The first-order chi connectivity index (χ1) is 12.8. The molecule has 2 aromatic rings. The summed E-state index contributed by atoms with van der Waals surface area (Å²) in [4.78, 5) is 23.6. The van der Waals surface area contributed by atoms with Crippen LogP contribution in [0.1, 0.15) is 5.56 Å². The number of hydrogen-bond acceptors (Lipinski definition) is 7. The Bertz CT molecular complexity index is 970. The Kier molecular flexibility index (Phi) is 6.33. The van der Waals surface area contributed by atoms with E-state index in [1.165, 1.54) is 20.3 Å². The van der Waals surface area contributed by atoms with E-state index in [0.717, 1.165) is 17.7 Å². The Morgan fingerprint density at radius 2 is 1.56 bits per heavy atom. The Labute approximate surface area is 156 Å². The molecule has 0 amide bonds. The zero-order valence-electron chi connectivity index (χ0n) is 15.2. The number of hydrogen-bond donors (Lipinski definition) is 0. The molecule has 0 N–H and O–H groups in total. The topological polar surface area (TPSA) is 88.1 Å². The van der Waals surface area contributed by atoms with Gasteiger partial charge >= 0.3 is 19.5 Å². The van der Waals surface area contributed by atoms with Crippen molar-refractivity contribution in [1.29, 1.82) is 0 Å². The van der Waals surface area contributed by atoms with Gasteiger partial charge in [-0.3, -0.25) is 4.57 Å². The smallest absolute Gasteiger partial charge is 0.364 e. The number of carbonyl (C=O) groups excluding carboxylic acids is 2. The summed E-state index contributed by atoms with van der Waals surface area (Å²) in [6.07, 6.45) is 1.97. The SMILES string of the molecule is C=CC(=O)Oc1cc(P(=O)(OC)OC)c(OC(=O)C=C)c2ccc(C)cc12. The molecule has 0 aromatic heterocycles. The van der Waals surface area contributed by atoms with E-state index >= 15 is 0 Å². The number of benzene rings is 2. The molecule has 0 aliphatic heterocycles. The predicted octanol–water partition coefficient (Wildman–Crippen LogP) is 3.44.